The van der Waals surface area contributed by atoms with Crippen LogP contribution in [0.15, 0.2) is 0 Å². The van der Waals surface area contributed by atoms with Gasteiger partial charge in [0.1, 0.15) is 24.2 Å². The number of nitrogens with one attached hydrogen (secondary N) is 2. The average molecular weight is 416 g/mol. The highest BCUT2D eigenvalue weighted by Crippen LogP contribution is 2.18. The van der Waals surface area contributed by atoms with Crippen LogP contribution in [0.4, 0.5) is 0 Å². The van der Waals surface area contributed by atoms with E-state index in [9.17, 15) is 29.1 Å². The van der Waals surface area contributed by atoms with Crippen LogP contribution in [0.1, 0.15) is 25.7 Å². The minimum Gasteiger partial charge on any atom is -0.394 e. The molecule has 0 aliphatic carbocycles. The van der Waals surface area contributed by atoms with Crippen molar-refractivity contribution < 1.29 is 34.2 Å². The number of carbonyl (C=O) groups excluding carboxylic acids is 5. The lowest BCUT2D eigenvalue weighted by Crippen LogP contribution is -2.58. The van der Waals surface area contributed by atoms with Gasteiger partial charge in [0.25, 0.3) is 0 Å². The van der Waals surface area contributed by atoms with Gasteiger partial charge in [0.2, 0.25) is 29.5 Å². The quantitative estimate of drug-likeness (QED) is 0.172. The first-order valence-electron chi connectivity index (χ1n) is 9.08. The summed E-state index contributed by atoms with van der Waals surface area (Å²) in [4.78, 5) is 60.5. The van der Waals surface area contributed by atoms with E-state index in [0.29, 0.717) is 12.8 Å². The zero-order valence-corrected chi connectivity index (χ0v) is 15.9. The summed E-state index contributed by atoms with van der Waals surface area (Å²) >= 11 is 0. The molecule has 1 saturated heterocycles. The van der Waals surface area contributed by atoms with Crippen LogP contribution in [0.2, 0.25) is 0 Å². The molecule has 1 aliphatic rings. The molecule has 5 amide bonds. The number of hydrogen-bond acceptors (Lipinski definition) is 8. The number of nitrogens with two attached hydrogens (primary N) is 3. The van der Waals surface area contributed by atoms with E-state index in [1.54, 1.807) is 0 Å². The van der Waals surface area contributed by atoms with Crippen LogP contribution in [-0.2, 0) is 24.0 Å². The monoisotopic (exact) mass is 416 g/mol. The molecule has 1 fully saturated rings. The summed E-state index contributed by atoms with van der Waals surface area (Å²) in [7, 11) is 0. The fraction of sp³-hybridized carbons (Fsp3) is 0.688. The van der Waals surface area contributed by atoms with Crippen molar-refractivity contribution >= 4 is 29.5 Å². The Balaban J connectivity index is 2.76. The molecule has 29 heavy (non-hydrogen) atoms. The predicted molar refractivity (Wildman–Crippen MR) is 98.4 cm³/mol. The number of carbonyl (C=O) groups is 5. The van der Waals surface area contributed by atoms with Crippen LogP contribution in [0.3, 0.4) is 0 Å². The smallest absolute Gasteiger partial charge is 0.245 e. The molecule has 13 nitrogen and oxygen atoms in total. The number of rotatable bonds is 11. The second-order valence-corrected chi connectivity index (χ2v) is 6.69. The fourth-order valence-corrected chi connectivity index (χ4v) is 2.90. The number of primary amides is 2. The number of aliphatic hydroxyl groups is 2. The molecule has 0 aromatic heterocycles. The molecular weight excluding hydrogens is 388 g/mol. The van der Waals surface area contributed by atoms with E-state index in [1.165, 1.54) is 4.90 Å². The van der Waals surface area contributed by atoms with Gasteiger partial charge < -0.3 is 42.9 Å². The topological polar surface area (TPSA) is 231 Å². The molecule has 1 rings (SSSR count). The second kappa shape index (κ2) is 11.3. The third kappa shape index (κ3) is 6.96. The molecule has 0 bridgehead atoms. The number of aliphatic hydroxyl groups excluding tert-OH is 2. The van der Waals surface area contributed by atoms with Crippen molar-refractivity contribution in [3.05, 3.63) is 0 Å². The molecule has 13 heteroatoms. The Kier molecular flexibility index (Phi) is 9.44. The highest BCUT2D eigenvalue weighted by atomic mass is 16.3. The van der Waals surface area contributed by atoms with Crippen LogP contribution in [-0.4, -0.2) is 88.6 Å². The molecule has 4 atom stereocenters. The van der Waals surface area contributed by atoms with Gasteiger partial charge in [-0.1, -0.05) is 0 Å². The zero-order valence-electron chi connectivity index (χ0n) is 15.9. The van der Waals surface area contributed by atoms with Crippen molar-refractivity contribution in [3.8, 4) is 0 Å². The summed E-state index contributed by atoms with van der Waals surface area (Å²) in [6.45, 7) is -1.10. The first-order chi connectivity index (χ1) is 13.6. The Bertz CT molecular complexity index is 643. The van der Waals surface area contributed by atoms with E-state index in [2.05, 4.69) is 10.6 Å². The highest BCUT2D eigenvalue weighted by Gasteiger charge is 2.37. The van der Waals surface area contributed by atoms with Gasteiger partial charge in [-0.2, -0.15) is 0 Å². The number of nitrogens with zero attached hydrogens (tertiary/aromatic N) is 1. The van der Waals surface area contributed by atoms with Gasteiger partial charge in [-0.05, 0) is 19.3 Å². The van der Waals surface area contributed by atoms with Crippen molar-refractivity contribution in [2.75, 3.05) is 19.8 Å². The molecule has 10 N–H and O–H groups in total. The van der Waals surface area contributed by atoms with Gasteiger partial charge in [-0.3, -0.25) is 24.0 Å². The summed E-state index contributed by atoms with van der Waals surface area (Å²) in [6, 6.07) is -4.71. The van der Waals surface area contributed by atoms with Crippen molar-refractivity contribution in [2.24, 2.45) is 17.2 Å². The van der Waals surface area contributed by atoms with Gasteiger partial charge in [0.15, 0.2) is 0 Å². The lowest BCUT2D eigenvalue weighted by Gasteiger charge is -2.27. The largest absolute Gasteiger partial charge is 0.394 e. The van der Waals surface area contributed by atoms with Crippen molar-refractivity contribution in [1.29, 1.82) is 0 Å². The SMILES string of the molecule is NC(=O)CC[C@H](NC(=O)[C@H](CO)NC(=O)[C@@H]1CCCN1C(=O)[C@@H](N)CO)C(N)=O. The van der Waals surface area contributed by atoms with Crippen LogP contribution >= 0.6 is 0 Å². The molecule has 0 saturated carbocycles. The summed E-state index contributed by atoms with van der Waals surface area (Å²) in [6.07, 6.45) is 0.508. The Morgan fingerprint density at radius 1 is 1.03 bits per heavy atom. The minimum absolute atomic E-state index is 0.132. The number of hydrogen-bond donors (Lipinski definition) is 7. The van der Waals surface area contributed by atoms with Gasteiger partial charge >= 0.3 is 0 Å². The van der Waals surface area contributed by atoms with Crippen molar-refractivity contribution in [3.63, 3.8) is 0 Å². The normalized spacial score (nSPS) is 19.1. The Hall–Kier alpha value is -2.77. The summed E-state index contributed by atoms with van der Waals surface area (Å²) in [5, 5.41) is 23.1. The number of amides is 5. The zero-order chi connectivity index (χ0) is 22.1. The maximum atomic E-state index is 12.5. The third-order valence-corrected chi connectivity index (χ3v) is 4.51. The van der Waals surface area contributed by atoms with E-state index >= 15 is 0 Å². The van der Waals surface area contributed by atoms with Crippen LogP contribution in [0.25, 0.3) is 0 Å². The van der Waals surface area contributed by atoms with Gasteiger partial charge in [-0.15, -0.1) is 0 Å². The van der Waals surface area contributed by atoms with Gasteiger partial charge in [0.05, 0.1) is 13.2 Å². The third-order valence-electron chi connectivity index (χ3n) is 4.51. The molecule has 0 radical (unpaired) electrons. The lowest BCUT2D eigenvalue weighted by atomic mass is 10.1. The molecule has 0 spiro atoms. The summed E-state index contributed by atoms with van der Waals surface area (Å²) < 4.78 is 0. The predicted octanol–water partition coefficient (Wildman–Crippen LogP) is -4.99. The molecule has 0 aromatic carbocycles. The first-order valence-corrected chi connectivity index (χ1v) is 9.08. The maximum Gasteiger partial charge on any atom is 0.245 e. The van der Waals surface area contributed by atoms with Gasteiger partial charge in [-0.25, -0.2) is 0 Å². The fourth-order valence-electron chi connectivity index (χ4n) is 2.90. The molecule has 0 aromatic rings. The summed E-state index contributed by atoms with van der Waals surface area (Å²) in [5.74, 6) is -3.78. The van der Waals surface area contributed by atoms with Crippen LogP contribution in [0.5, 0.6) is 0 Å². The average Bonchev–Trinajstić information content (AvgIpc) is 3.17. The standard InChI is InChI=1S/C16H28N6O7/c17-8(6-23)16(29)22-5-1-2-11(22)15(28)21-10(7-24)14(27)20-9(13(19)26)3-4-12(18)25/h8-11,23-24H,1-7,17H2,(H2,18,25)(H2,19,26)(H,20,27)(H,21,28)/t8-,9-,10-,11-/m0/s1. The van der Waals surface area contributed by atoms with Crippen LogP contribution < -0.4 is 27.8 Å². The molecule has 1 heterocycles. The second-order valence-electron chi connectivity index (χ2n) is 6.69. The molecule has 1 aliphatic heterocycles. The molecular formula is C16H28N6O7. The molecule has 0 unspecified atom stereocenters. The van der Waals surface area contributed by atoms with E-state index < -0.39 is 66.9 Å². The van der Waals surface area contributed by atoms with Crippen molar-refractivity contribution in [2.45, 2.75) is 49.9 Å². The molecule has 164 valence electrons. The maximum absolute atomic E-state index is 12.5. The minimum atomic E-state index is -1.41. The van der Waals surface area contributed by atoms with E-state index in [4.69, 9.17) is 22.3 Å². The van der Waals surface area contributed by atoms with E-state index in [1.807, 2.05) is 0 Å². The highest BCUT2D eigenvalue weighted by molar-refractivity contribution is 5.95. The lowest BCUT2D eigenvalue weighted by molar-refractivity contribution is -0.141. The Labute approximate surface area is 166 Å². The summed E-state index contributed by atoms with van der Waals surface area (Å²) in [5.41, 5.74) is 15.7. The Morgan fingerprint density at radius 2 is 1.69 bits per heavy atom. The Morgan fingerprint density at radius 3 is 2.21 bits per heavy atom. The van der Waals surface area contributed by atoms with E-state index in [-0.39, 0.29) is 19.4 Å². The first kappa shape index (κ1) is 24.3. The van der Waals surface area contributed by atoms with Crippen molar-refractivity contribution in [1.82, 2.24) is 15.5 Å². The number of likely N-dealkylation sites (tertiary alicyclic amines) is 1. The van der Waals surface area contributed by atoms with E-state index in [0.717, 1.165) is 0 Å². The van der Waals surface area contributed by atoms with Crippen LogP contribution in [0, 0.1) is 0 Å². The van der Waals surface area contributed by atoms with Gasteiger partial charge in [0, 0.05) is 13.0 Å².